The van der Waals surface area contributed by atoms with E-state index in [1.54, 1.807) is 20.3 Å². The quantitative estimate of drug-likeness (QED) is 0.859. The molecule has 0 bridgehead atoms. The van der Waals surface area contributed by atoms with Gasteiger partial charge in [-0.2, -0.15) is 4.98 Å². The summed E-state index contributed by atoms with van der Waals surface area (Å²) in [5.74, 6) is 0.829. The molecule has 0 aromatic carbocycles. The molecular weight excluding hydrogens is 262 g/mol. The topological polar surface area (TPSA) is 84.8 Å². The maximum Gasteiger partial charge on any atom is 0.306 e. The number of methoxy groups -OCH3 is 2. The Labute approximate surface area is 117 Å². The highest BCUT2D eigenvalue weighted by Crippen LogP contribution is 2.24. The van der Waals surface area contributed by atoms with Gasteiger partial charge in [0.15, 0.2) is 5.82 Å². The largest absolute Gasteiger partial charge is 0.481 e. The number of rotatable bonds is 5. The minimum absolute atomic E-state index is 0.256. The molecule has 1 aromatic heterocycles. The fourth-order valence-corrected chi connectivity index (χ4v) is 2.28. The molecule has 0 radical (unpaired) electrons. The van der Waals surface area contributed by atoms with Gasteiger partial charge in [0.25, 0.3) is 0 Å². The van der Waals surface area contributed by atoms with Gasteiger partial charge in [0.1, 0.15) is 12.4 Å². The van der Waals surface area contributed by atoms with Gasteiger partial charge < -0.3 is 19.5 Å². The van der Waals surface area contributed by atoms with E-state index >= 15 is 0 Å². The molecular formula is C13H19N3O4. The second-order valence-corrected chi connectivity index (χ2v) is 4.72. The fourth-order valence-electron chi connectivity index (χ4n) is 2.28. The molecule has 1 aliphatic rings. The summed E-state index contributed by atoms with van der Waals surface area (Å²) in [6, 6.07) is 1.76. The first-order valence-corrected chi connectivity index (χ1v) is 6.52. The molecule has 0 amide bonds. The summed E-state index contributed by atoms with van der Waals surface area (Å²) in [5, 5.41) is 9.01. The molecule has 20 heavy (non-hydrogen) atoms. The number of aliphatic carboxylic acids is 1. The lowest BCUT2D eigenvalue weighted by Crippen LogP contribution is -2.37. The van der Waals surface area contributed by atoms with Gasteiger partial charge in [-0.15, -0.1) is 0 Å². The number of hydrogen-bond donors (Lipinski definition) is 1. The number of anilines is 1. The van der Waals surface area contributed by atoms with Crippen molar-refractivity contribution in [2.45, 2.75) is 19.4 Å². The van der Waals surface area contributed by atoms with E-state index in [0.717, 1.165) is 5.82 Å². The summed E-state index contributed by atoms with van der Waals surface area (Å²) in [4.78, 5) is 21.6. The van der Waals surface area contributed by atoms with Crippen LogP contribution >= 0.6 is 0 Å². The molecule has 0 saturated carbocycles. The Morgan fingerprint density at radius 2 is 2.10 bits per heavy atom. The van der Waals surface area contributed by atoms with Crippen molar-refractivity contribution in [1.29, 1.82) is 0 Å². The van der Waals surface area contributed by atoms with E-state index in [2.05, 4.69) is 14.9 Å². The summed E-state index contributed by atoms with van der Waals surface area (Å²) >= 11 is 0. The van der Waals surface area contributed by atoms with Gasteiger partial charge in [0, 0.05) is 26.3 Å². The van der Waals surface area contributed by atoms with Crippen molar-refractivity contribution in [3.05, 3.63) is 11.9 Å². The second kappa shape index (κ2) is 6.51. The zero-order valence-electron chi connectivity index (χ0n) is 11.7. The van der Waals surface area contributed by atoms with Crippen LogP contribution in [-0.4, -0.2) is 48.4 Å². The number of hydrogen-bond acceptors (Lipinski definition) is 6. The lowest BCUT2D eigenvalue weighted by atomic mass is 9.97. The molecule has 7 nitrogen and oxygen atoms in total. The molecule has 1 N–H and O–H groups in total. The van der Waals surface area contributed by atoms with Crippen LogP contribution in [0.1, 0.15) is 18.7 Å². The van der Waals surface area contributed by atoms with E-state index in [1.807, 2.05) is 0 Å². The minimum atomic E-state index is -0.718. The second-order valence-electron chi connectivity index (χ2n) is 4.72. The van der Waals surface area contributed by atoms with Crippen molar-refractivity contribution in [3.63, 3.8) is 0 Å². The van der Waals surface area contributed by atoms with Crippen LogP contribution in [0.5, 0.6) is 5.88 Å². The third kappa shape index (κ3) is 3.36. The van der Waals surface area contributed by atoms with Gasteiger partial charge in [-0.25, -0.2) is 4.98 Å². The standard InChI is InChI=1S/C13H19N3O4/c1-19-8-10-14-11(7-12(15-10)20-2)16-5-3-9(4-6-16)13(17)18/h7,9H,3-6,8H2,1-2H3,(H,17,18). The third-order valence-electron chi connectivity index (χ3n) is 3.39. The average molecular weight is 281 g/mol. The summed E-state index contributed by atoms with van der Waals surface area (Å²) in [7, 11) is 3.14. The number of carboxylic acid groups (broad SMARTS) is 1. The summed E-state index contributed by atoms with van der Waals surface area (Å²) in [6.45, 7) is 1.66. The van der Waals surface area contributed by atoms with Gasteiger partial charge in [-0.1, -0.05) is 0 Å². The lowest BCUT2D eigenvalue weighted by Gasteiger charge is -2.31. The third-order valence-corrected chi connectivity index (χ3v) is 3.39. The zero-order chi connectivity index (χ0) is 14.5. The molecule has 0 unspecified atom stereocenters. The van der Waals surface area contributed by atoms with Crippen molar-refractivity contribution in [1.82, 2.24) is 9.97 Å². The predicted octanol–water partition coefficient (Wildman–Crippen LogP) is 0.933. The maximum atomic E-state index is 11.0. The Hall–Kier alpha value is -1.89. The SMILES string of the molecule is COCc1nc(OC)cc(N2CCC(C(=O)O)CC2)n1. The van der Waals surface area contributed by atoms with E-state index < -0.39 is 5.97 Å². The molecule has 1 aromatic rings. The summed E-state index contributed by atoms with van der Waals surface area (Å²) in [6.07, 6.45) is 1.25. The molecule has 1 saturated heterocycles. The first-order chi connectivity index (χ1) is 9.63. The van der Waals surface area contributed by atoms with Crippen LogP contribution in [-0.2, 0) is 16.1 Å². The van der Waals surface area contributed by atoms with E-state index in [0.29, 0.717) is 44.2 Å². The van der Waals surface area contributed by atoms with Crippen LogP contribution in [0.2, 0.25) is 0 Å². The smallest absolute Gasteiger partial charge is 0.306 e. The van der Waals surface area contributed by atoms with Gasteiger partial charge in [0.05, 0.1) is 13.0 Å². The van der Waals surface area contributed by atoms with Crippen molar-refractivity contribution >= 4 is 11.8 Å². The molecule has 2 rings (SSSR count). The Morgan fingerprint density at radius 3 is 2.65 bits per heavy atom. The molecule has 2 heterocycles. The Kier molecular flexibility index (Phi) is 4.73. The van der Waals surface area contributed by atoms with Gasteiger partial charge in [0.2, 0.25) is 5.88 Å². The van der Waals surface area contributed by atoms with E-state index in [9.17, 15) is 4.79 Å². The zero-order valence-corrected chi connectivity index (χ0v) is 11.7. The number of carbonyl (C=O) groups is 1. The number of piperidine rings is 1. The fraction of sp³-hybridized carbons (Fsp3) is 0.615. The first kappa shape index (κ1) is 14.5. The Morgan fingerprint density at radius 1 is 1.40 bits per heavy atom. The van der Waals surface area contributed by atoms with Crippen LogP contribution in [0.15, 0.2) is 6.07 Å². The number of ether oxygens (including phenoxy) is 2. The summed E-state index contributed by atoms with van der Waals surface area (Å²) in [5.41, 5.74) is 0. The molecule has 0 spiro atoms. The Balaban J connectivity index is 2.12. The molecule has 1 fully saturated rings. The van der Waals surface area contributed by atoms with Crippen molar-refractivity contribution < 1.29 is 19.4 Å². The molecule has 110 valence electrons. The normalized spacial score (nSPS) is 16.2. The highest BCUT2D eigenvalue weighted by molar-refractivity contribution is 5.70. The van der Waals surface area contributed by atoms with E-state index in [4.69, 9.17) is 14.6 Å². The first-order valence-electron chi connectivity index (χ1n) is 6.52. The van der Waals surface area contributed by atoms with E-state index in [1.165, 1.54) is 0 Å². The van der Waals surface area contributed by atoms with Crippen LogP contribution in [0.4, 0.5) is 5.82 Å². The minimum Gasteiger partial charge on any atom is -0.481 e. The summed E-state index contributed by atoms with van der Waals surface area (Å²) < 4.78 is 10.2. The van der Waals surface area contributed by atoms with Crippen LogP contribution in [0.25, 0.3) is 0 Å². The average Bonchev–Trinajstić information content (AvgIpc) is 2.47. The molecule has 1 aliphatic heterocycles. The maximum absolute atomic E-state index is 11.0. The van der Waals surface area contributed by atoms with Gasteiger partial charge in [-0.3, -0.25) is 4.79 Å². The molecule has 0 aliphatic carbocycles. The number of nitrogens with zero attached hydrogens (tertiary/aromatic N) is 3. The van der Waals surface area contributed by atoms with Crippen molar-refractivity contribution in [2.24, 2.45) is 5.92 Å². The highest BCUT2D eigenvalue weighted by Gasteiger charge is 2.25. The Bertz CT molecular complexity index is 473. The van der Waals surface area contributed by atoms with Crippen LogP contribution in [0.3, 0.4) is 0 Å². The number of carboxylic acids is 1. The monoisotopic (exact) mass is 281 g/mol. The lowest BCUT2D eigenvalue weighted by molar-refractivity contribution is -0.142. The molecule has 0 atom stereocenters. The van der Waals surface area contributed by atoms with Gasteiger partial charge >= 0.3 is 5.97 Å². The van der Waals surface area contributed by atoms with E-state index in [-0.39, 0.29) is 5.92 Å². The predicted molar refractivity (Wildman–Crippen MR) is 71.9 cm³/mol. The van der Waals surface area contributed by atoms with Gasteiger partial charge in [-0.05, 0) is 12.8 Å². The molecule has 7 heteroatoms. The highest BCUT2D eigenvalue weighted by atomic mass is 16.5. The van der Waals surface area contributed by atoms with Crippen molar-refractivity contribution in [3.8, 4) is 5.88 Å². The number of aromatic nitrogens is 2. The van der Waals surface area contributed by atoms with Crippen LogP contribution in [0, 0.1) is 5.92 Å². The van der Waals surface area contributed by atoms with Crippen LogP contribution < -0.4 is 9.64 Å². The van der Waals surface area contributed by atoms with Crippen molar-refractivity contribution in [2.75, 3.05) is 32.2 Å².